The van der Waals surface area contributed by atoms with Crippen molar-refractivity contribution in [3.05, 3.63) is 35.7 Å². The van der Waals surface area contributed by atoms with Gasteiger partial charge < -0.3 is 14.8 Å². The van der Waals surface area contributed by atoms with Gasteiger partial charge >= 0.3 is 0 Å². The van der Waals surface area contributed by atoms with Gasteiger partial charge in [0.15, 0.2) is 11.5 Å². The predicted octanol–water partition coefficient (Wildman–Crippen LogP) is 1.65. The third-order valence-electron chi connectivity index (χ3n) is 3.45. The molecule has 1 saturated carbocycles. The molecule has 0 amide bonds. The molecule has 6 heteroatoms. The smallest absolute Gasteiger partial charge is 0.166 e. The molecule has 21 heavy (non-hydrogen) atoms. The van der Waals surface area contributed by atoms with Crippen LogP contribution in [0.5, 0.6) is 11.5 Å². The second-order valence-electron chi connectivity index (χ2n) is 5.28. The zero-order valence-electron chi connectivity index (χ0n) is 12.4. The lowest BCUT2D eigenvalue weighted by atomic mass is 10.2. The van der Waals surface area contributed by atoms with E-state index in [1.165, 1.54) is 12.8 Å². The maximum atomic E-state index is 5.93. The Morgan fingerprint density at radius 3 is 2.90 bits per heavy atom. The van der Waals surface area contributed by atoms with Crippen molar-refractivity contribution in [1.82, 2.24) is 20.3 Å². The Morgan fingerprint density at radius 2 is 2.24 bits per heavy atom. The zero-order chi connectivity index (χ0) is 14.7. The number of benzene rings is 1. The summed E-state index contributed by atoms with van der Waals surface area (Å²) >= 11 is 0. The van der Waals surface area contributed by atoms with Crippen LogP contribution in [0.4, 0.5) is 0 Å². The van der Waals surface area contributed by atoms with Gasteiger partial charge in [0, 0.05) is 25.2 Å². The number of hydrogen-bond donors (Lipinski definition) is 1. The maximum absolute atomic E-state index is 5.93. The number of nitrogens with one attached hydrogen (secondary N) is 1. The van der Waals surface area contributed by atoms with Gasteiger partial charge in [-0.2, -0.15) is 0 Å². The fourth-order valence-corrected chi connectivity index (χ4v) is 2.17. The van der Waals surface area contributed by atoms with Crippen molar-refractivity contribution >= 4 is 0 Å². The minimum atomic E-state index is 0.380. The van der Waals surface area contributed by atoms with Crippen LogP contribution in [0, 0.1) is 0 Å². The number of rotatable bonds is 7. The van der Waals surface area contributed by atoms with Gasteiger partial charge in [-0.25, -0.2) is 0 Å². The van der Waals surface area contributed by atoms with Gasteiger partial charge in [0.2, 0.25) is 0 Å². The second-order valence-corrected chi connectivity index (χ2v) is 5.28. The Labute approximate surface area is 124 Å². The molecule has 0 spiro atoms. The Balaban J connectivity index is 1.73. The van der Waals surface area contributed by atoms with Gasteiger partial charge in [0.25, 0.3) is 0 Å². The SMILES string of the molecule is COc1cccc(CNC2CC2)c1OCc1cn(C)nn1. The first-order valence-electron chi connectivity index (χ1n) is 7.13. The summed E-state index contributed by atoms with van der Waals surface area (Å²) in [5, 5.41) is 11.4. The Hall–Kier alpha value is -2.08. The van der Waals surface area contributed by atoms with E-state index >= 15 is 0 Å². The Morgan fingerprint density at radius 1 is 1.38 bits per heavy atom. The maximum Gasteiger partial charge on any atom is 0.166 e. The third-order valence-corrected chi connectivity index (χ3v) is 3.45. The molecule has 0 bridgehead atoms. The number of hydrogen-bond acceptors (Lipinski definition) is 5. The molecule has 1 aromatic carbocycles. The van der Waals surface area contributed by atoms with Gasteiger partial charge in [0.05, 0.1) is 13.3 Å². The number of aryl methyl sites for hydroxylation is 1. The highest BCUT2D eigenvalue weighted by molar-refractivity contribution is 5.46. The second kappa shape index (κ2) is 6.13. The van der Waals surface area contributed by atoms with Crippen molar-refractivity contribution in [1.29, 1.82) is 0 Å². The Bertz CT molecular complexity index is 607. The minimum absolute atomic E-state index is 0.380. The summed E-state index contributed by atoms with van der Waals surface area (Å²) in [5.41, 5.74) is 1.90. The molecule has 0 atom stereocenters. The van der Waals surface area contributed by atoms with E-state index in [4.69, 9.17) is 9.47 Å². The first kappa shape index (κ1) is 13.9. The fraction of sp³-hybridized carbons (Fsp3) is 0.467. The van der Waals surface area contributed by atoms with Gasteiger partial charge in [-0.15, -0.1) is 5.10 Å². The minimum Gasteiger partial charge on any atom is -0.493 e. The highest BCUT2D eigenvalue weighted by Gasteiger charge is 2.21. The van der Waals surface area contributed by atoms with Crippen LogP contribution in [0.25, 0.3) is 0 Å². The van der Waals surface area contributed by atoms with Crippen molar-refractivity contribution in [3.63, 3.8) is 0 Å². The average molecular weight is 288 g/mol. The van der Waals surface area contributed by atoms with E-state index < -0.39 is 0 Å². The molecule has 0 saturated heterocycles. The summed E-state index contributed by atoms with van der Waals surface area (Å²) < 4.78 is 13.0. The van der Waals surface area contributed by atoms with Crippen LogP contribution in [0.1, 0.15) is 24.1 Å². The van der Waals surface area contributed by atoms with Crippen LogP contribution < -0.4 is 14.8 Å². The van der Waals surface area contributed by atoms with Crippen molar-refractivity contribution in [2.45, 2.75) is 32.0 Å². The van der Waals surface area contributed by atoms with Crippen LogP contribution in [-0.4, -0.2) is 28.1 Å². The molecule has 1 heterocycles. The molecule has 1 aromatic heterocycles. The van der Waals surface area contributed by atoms with E-state index in [2.05, 4.69) is 21.7 Å². The molecule has 0 unspecified atom stereocenters. The van der Waals surface area contributed by atoms with Crippen molar-refractivity contribution in [2.75, 3.05) is 7.11 Å². The summed E-state index contributed by atoms with van der Waals surface area (Å²) in [6, 6.07) is 6.61. The molecule has 0 radical (unpaired) electrons. The summed E-state index contributed by atoms with van der Waals surface area (Å²) in [5.74, 6) is 1.52. The number of para-hydroxylation sites is 1. The summed E-state index contributed by atoms with van der Waals surface area (Å²) in [6.45, 7) is 1.17. The van der Waals surface area contributed by atoms with Crippen molar-refractivity contribution in [2.24, 2.45) is 7.05 Å². The quantitative estimate of drug-likeness (QED) is 0.839. The lowest BCUT2D eigenvalue weighted by Crippen LogP contribution is -2.16. The average Bonchev–Trinajstić information content (AvgIpc) is 3.24. The lowest BCUT2D eigenvalue weighted by Gasteiger charge is -2.14. The molecule has 1 N–H and O–H groups in total. The third kappa shape index (κ3) is 3.52. The molecule has 2 aromatic rings. The van der Waals surface area contributed by atoms with Gasteiger partial charge in [0.1, 0.15) is 12.3 Å². The first-order valence-corrected chi connectivity index (χ1v) is 7.13. The number of nitrogens with zero attached hydrogens (tertiary/aromatic N) is 3. The number of aromatic nitrogens is 3. The molecule has 6 nitrogen and oxygen atoms in total. The van der Waals surface area contributed by atoms with Crippen LogP contribution in [0.3, 0.4) is 0 Å². The fourth-order valence-electron chi connectivity index (χ4n) is 2.17. The molecule has 1 aliphatic rings. The molecule has 1 fully saturated rings. The molecule has 1 aliphatic carbocycles. The summed E-state index contributed by atoms with van der Waals surface area (Å²) in [7, 11) is 3.49. The molecule has 112 valence electrons. The van der Waals surface area contributed by atoms with E-state index in [9.17, 15) is 0 Å². The Kier molecular flexibility index (Phi) is 4.06. The predicted molar refractivity (Wildman–Crippen MR) is 78.2 cm³/mol. The van der Waals surface area contributed by atoms with Gasteiger partial charge in [-0.1, -0.05) is 17.3 Å². The number of ether oxygens (including phenoxy) is 2. The van der Waals surface area contributed by atoms with E-state index in [-0.39, 0.29) is 0 Å². The van der Waals surface area contributed by atoms with Gasteiger partial charge in [-0.05, 0) is 18.9 Å². The van der Waals surface area contributed by atoms with E-state index in [1.807, 2.05) is 25.4 Å². The molecular formula is C15H20N4O2. The van der Waals surface area contributed by atoms with E-state index in [1.54, 1.807) is 11.8 Å². The van der Waals surface area contributed by atoms with Crippen molar-refractivity contribution < 1.29 is 9.47 Å². The highest BCUT2D eigenvalue weighted by Crippen LogP contribution is 2.32. The monoisotopic (exact) mass is 288 g/mol. The first-order chi connectivity index (χ1) is 10.3. The van der Waals surface area contributed by atoms with Crippen LogP contribution >= 0.6 is 0 Å². The number of methoxy groups -OCH3 is 1. The normalized spacial score (nSPS) is 14.2. The topological polar surface area (TPSA) is 61.2 Å². The molecule has 3 rings (SSSR count). The van der Waals surface area contributed by atoms with Crippen molar-refractivity contribution in [3.8, 4) is 11.5 Å². The molecular weight excluding hydrogens is 268 g/mol. The van der Waals surface area contributed by atoms with Crippen LogP contribution in [0.2, 0.25) is 0 Å². The largest absolute Gasteiger partial charge is 0.493 e. The van der Waals surface area contributed by atoms with Crippen LogP contribution in [0.15, 0.2) is 24.4 Å². The summed E-state index contributed by atoms with van der Waals surface area (Å²) in [6.07, 6.45) is 4.37. The van der Waals surface area contributed by atoms with Gasteiger partial charge in [-0.3, -0.25) is 4.68 Å². The molecule has 0 aliphatic heterocycles. The van der Waals surface area contributed by atoms with Crippen LogP contribution in [-0.2, 0) is 20.2 Å². The highest BCUT2D eigenvalue weighted by atomic mass is 16.5. The van der Waals surface area contributed by atoms with E-state index in [0.717, 1.165) is 29.3 Å². The zero-order valence-corrected chi connectivity index (χ0v) is 12.4. The standard InChI is InChI=1S/C15H20N4O2/c1-19-9-13(17-18-19)10-21-15-11(8-16-12-6-7-12)4-3-5-14(15)20-2/h3-5,9,12,16H,6-8,10H2,1-2H3. The lowest BCUT2D eigenvalue weighted by molar-refractivity contribution is 0.276. The summed E-state index contributed by atoms with van der Waals surface area (Å²) in [4.78, 5) is 0. The van der Waals surface area contributed by atoms with E-state index in [0.29, 0.717) is 12.6 Å².